The fraction of sp³-hybridized carbons (Fsp3) is 0.562. The van der Waals surface area contributed by atoms with Crippen LogP contribution in [0.1, 0.15) is 55.5 Å². The Morgan fingerprint density at radius 3 is 3.00 bits per heavy atom. The van der Waals surface area contributed by atoms with Crippen LogP contribution in [-0.4, -0.2) is 18.5 Å². The highest BCUT2D eigenvalue weighted by molar-refractivity contribution is 5.97. The lowest BCUT2D eigenvalue weighted by atomic mass is 9.96. The lowest BCUT2D eigenvalue weighted by Gasteiger charge is -2.22. The molecule has 0 bridgehead atoms. The van der Waals surface area contributed by atoms with E-state index in [4.69, 9.17) is 0 Å². The topological polar surface area (TPSA) is 41.1 Å². The normalized spacial score (nSPS) is 15.3. The first-order valence-corrected chi connectivity index (χ1v) is 7.42. The van der Waals surface area contributed by atoms with Gasteiger partial charge in [0, 0.05) is 23.8 Å². The van der Waals surface area contributed by atoms with E-state index in [9.17, 15) is 4.79 Å². The second-order valence-corrected chi connectivity index (χ2v) is 5.23. The van der Waals surface area contributed by atoms with Gasteiger partial charge in [0.1, 0.15) is 0 Å². The van der Waals surface area contributed by atoms with Gasteiger partial charge in [0.25, 0.3) is 5.91 Å². The zero-order chi connectivity index (χ0) is 13.7. The van der Waals surface area contributed by atoms with Gasteiger partial charge in [-0.3, -0.25) is 4.79 Å². The van der Waals surface area contributed by atoms with Crippen molar-refractivity contribution in [2.75, 3.05) is 11.9 Å². The molecule has 1 aromatic carbocycles. The zero-order valence-electron chi connectivity index (χ0n) is 12.0. The number of carbonyl (C=O) groups is 1. The second kappa shape index (κ2) is 6.60. The van der Waals surface area contributed by atoms with Crippen molar-refractivity contribution in [3.8, 4) is 0 Å². The number of amides is 1. The quantitative estimate of drug-likeness (QED) is 0.852. The van der Waals surface area contributed by atoms with Crippen molar-refractivity contribution in [1.29, 1.82) is 0 Å². The monoisotopic (exact) mass is 260 g/mol. The van der Waals surface area contributed by atoms with Gasteiger partial charge in [-0.05, 0) is 43.4 Å². The highest BCUT2D eigenvalue weighted by Gasteiger charge is 2.18. The van der Waals surface area contributed by atoms with Gasteiger partial charge < -0.3 is 10.6 Å². The number of anilines is 1. The number of carbonyl (C=O) groups excluding carboxylic acids is 1. The molecule has 2 N–H and O–H groups in total. The van der Waals surface area contributed by atoms with Gasteiger partial charge in [0.2, 0.25) is 0 Å². The molecule has 3 nitrogen and oxygen atoms in total. The molecule has 3 heteroatoms. The van der Waals surface area contributed by atoms with Crippen molar-refractivity contribution in [3.63, 3.8) is 0 Å². The zero-order valence-corrected chi connectivity index (χ0v) is 12.0. The molecule has 0 spiro atoms. The summed E-state index contributed by atoms with van der Waals surface area (Å²) in [6, 6.07) is 6.27. The fourth-order valence-corrected chi connectivity index (χ4v) is 2.71. The average molecular weight is 260 g/mol. The first-order valence-electron chi connectivity index (χ1n) is 7.42. The Labute approximate surface area is 115 Å². The Morgan fingerprint density at radius 2 is 2.26 bits per heavy atom. The Kier molecular flexibility index (Phi) is 4.83. The maximum Gasteiger partial charge on any atom is 0.251 e. The van der Waals surface area contributed by atoms with Crippen molar-refractivity contribution in [1.82, 2.24) is 5.32 Å². The molecule has 1 amide bonds. The molecular formula is C16H24N2O. The summed E-state index contributed by atoms with van der Waals surface area (Å²) in [6.45, 7) is 5.29. The van der Waals surface area contributed by atoms with Crippen LogP contribution < -0.4 is 10.6 Å². The molecule has 104 valence electrons. The molecule has 0 aliphatic carbocycles. The van der Waals surface area contributed by atoms with E-state index in [-0.39, 0.29) is 5.91 Å². The van der Waals surface area contributed by atoms with Crippen molar-refractivity contribution < 1.29 is 4.79 Å². The summed E-state index contributed by atoms with van der Waals surface area (Å²) in [7, 11) is 0. The van der Waals surface area contributed by atoms with E-state index >= 15 is 0 Å². The van der Waals surface area contributed by atoms with Crippen LogP contribution >= 0.6 is 0 Å². The first-order chi connectivity index (χ1) is 9.26. The predicted octanol–water partition coefficient (Wildman–Crippen LogP) is 3.35. The van der Waals surface area contributed by atoms with Crippen molar-refractivity contribution >= 4 is 11.6 Å². The van der Waals surface area contributed by atoms with Crippen LogP contribution in [0.4, 0.5) is 5.69 Å². The van der Waals surface area contributed by atoms with Crippen molar-refractivity contribution in [3.05, 3.63) is 29.3 Å². The molecule has 1 aliphatic heterocycles. The summed E-state index contributed by atoms with van der Waals surface area (Å²) in [4.78, 5) is 12.4. The molecule has 1 aromatic rings. The van der Waals surface area contributed by atoms with Gasteiger partial charge in [-0.15, -0.1) is 0 Å². The highest BCUT2D eigenvalue weighted by atomic mass is 16.1. The number of nitrogens with one attached hydrogen (secondary N) is 2. The molecule has 0 saturated heterocycles. The molecule has 19 heavy (non-hydrogen) atoms. The molecule has 1 heterocycles. The van der Waals surface area contributed by atoms with Crippen molar-refractivity contribution in [2.24, 2.45) is 0 Å². The third kappa shape index (κ3) is 3.28. The minimum Gasteiger partial charge on any atom is -0.385 e. The van der Waals surface area contributed by atoms with Crippen LogP contribution in [0.5, 0.6) is 0 Å². The Bertz CT molecular complexity index is 442. The molecule has 2 rings (SSSR count). The van der Waals surface area contributed by atoms with Gasteiger partial charge in [-0.25, -0.2) is 0 Å². The number of fused-ring (bicyclic) bond motifs is 1. The summed E-state index contributed by atoms with van der Waals surface area (Å²) < 4.78 is 0. The maximum atomic E-state index is 12.4. The highest BCUT2D eigenvalue weighted by Crippen LogP contribution is 2.25. The summed E-state index contributed by atoms with van der Waals surface area (Å²) in [6.07, 6.45) is 5.25. The second-order valence-electron chi connectivity index (χ2n) is 5.23. The van der Waals surface area contributed by atoms with E-state index in [1.54, 1.807) is 0 Å². The van der Waals surface area contributed by atoms with Crippen LogP contribution in [0.15, 0.2) is 18.2 Å². The standard InChI is InChI=1S/C16H24N2O/c1-3-7-12(4-2)18-16(19)14-8-5-10-15-13(14)9-6-11-17-15/h5,8,10,12,17H,3-4,6-7,9,11H2,1-2H3,(H,18,19). The molecule has 0 fully saturated rings. The minimum absolute atomic E-state index is 0.0841. The fourth-order valence-electron chi connectivity index (χ4n) is 2.71. The molecule has 1 aliphatic rings. The van der Waals surface area contributed by atoms with E-state index in [1.807, 2.05) is 12.1 Å². The van der Waals surface area contributed by atoms with E-state index in [0.29, 0.717) is 6.04 Å². The van der Waals surface area contributed by atoms with Crippen LogP contribution in [0.2, 0.25) is 0 Å². The third-order valence-electron chi connectivity index (χ3n) is 3.80. The van der Waals surface area contributed by atoms with E-state index in [2.05, 4.69) is 30.5 Å². The van der Waals surface area contributed by atoms with Gasteiger partial charge in [-0.2, -0.15) is 0 Å². The van der Waals surface area contributed by atoms with Gasteiger partial charge in [0.05, 0.1) is 0 Å². The lowest BCUT2D eigenvalue weighted by Crippen LogP contribution is -2.35. The molecule has 1 unspecified atom stereocenters. The summed E-state index contributed by atoms with van der Waals surface area (Å²) >= 11 is 0. The molecular weight excluding hydrogens is 236 g/mol. The Balaban J connectivity index is 2.15. The van der Waals surface area contributed by atoms with E-state index in [0.717, 1.165) is 49.9 Å². The number of benzene rings is 1. The predicted molar refractivity (Wildman–Crippen MR) is 79.7 cm³/mol. The Hall–Kier alpha value is -1.51. The maximum absolute atomic E-state index is 12.4. The number of hydrogen-bond donors (Lipinski definition) is 2. The summed E-state index contributed by atoms with van der Waals surface area (Å²) in [5.74, 6) is 0.0841. The van der Waals surface area contributed by atoms with E-state index in [1.165, 1.54) is 5.56 Å². The lowest BCUT2D eigenvalue weighted by molar-refractivity contribution is 0.0932. The average Bonchev–Trinajstić information content (AvgIpc) is 2.46. The first kappa shape index (κ1) is 13.9. The Morgan fingerprint density at radius 1 is 1.42 bits per heavy atom. The largest absolute Gasteiger partial charge is 0.385 e. The van der Waals surface area contributed by atoms with Gasteiger partial charge in [0.15, 0.2) is 0 Å². The van der Waals surface area contributed by atoms with Gasteiger partial charge in [-0.1, -0.05) is 26.3 Å². The summed E-state index contributed by atoms with van der Waals surface area (Å²) in [5, 5.41) is 6.54. The smallest absolute Gasteiger partial charge is 0.251 e. The molecule has 0 saturated carbocycles. The third-order valence-corrected chi connectivity index (χ3v) is 3.80. The molecule has 1 atom stereocenters. The molecule has 0 radical (unpaired) electrons. The number of hydrogen-bond acceptors (Lipinski definition) is 2. The van der Waals surface area contributed by atoms with Gasteiger partial charge >= 0.3 is 0 Å². The van der Waals surface area contributed by atoms with Crippen molar-refractivity contribution in [2.45, 2.75) is 52.0 Å². The SMILES string of the molecule is CCCC(CC)NC(=O)c1cccc2c1CCCN2. The minimum atomic E-state index is 0.0841. The van der Waals surface area contributed by atoms with Crippen LogP contribution in [0.3, 0.4) is 0 Å². The summed E-state index contributed by atoms with van der Waals surface area (Å²) in [5.41, 5.74) is 3.15. The van der Waals surface area contributed by atoms with Crippen LogP contribution in [-0.2, 0) is 6.42 Å². The molecule has 0 aromatic heterocycles. The van der Waals surface area contributed by atoms with Crippen LogP contribution in [0, 0.1) is 0 Å². The van der Waals surface area contributed by atoms with Crippen LogP contribution in [0.25, 0.3) is 0 Å². The number of rotatable bonds is 5. The van der Waals surface area contributed by atoms with E-state index < -0.39 is 0 Å².